The molecule has 282 valence electrons. The van der Waals surface area contributed by atoms with Gasteiger partial charge in [-0.1, -0.05) is 37.1 Å². The first kappa shape index (κ1) is 36.5. The summed E-state index contributed by atoms with van der Waals surface area (Å²) in [6.07, 6.45) is 0.857. The van der Waals surface area contributed by atoms with Crippen molar-refractivity contribution in [2.24, 2.45) is 11.3 Å². The Balaban J connectivity index is 1.16. The molecular weight excluding hydrogens is 687 g/mol. The van der Waals surface area contributed by atoms with Gasteiger partial charge in [-0.2, -0.15) is 28.2 Å². The van der Waals surface area contributed by atoms with Crippen LogP contribution in [0.15, 0.2) is 60.8 Å². The van der Waals surface area contributed by atoms with E-state index in [1.165, 1.54) is 16.8 Å². The highest BCUT2D eigenvalue weighted by Gasteiger charge is 2.53. The van der Waals surface area contributed by atoms with Gasteiger partial charge in [0.2, 0.25) is 17.9 Å². The fourth-order valence-corrected chi connectivity index (χ4v) is 8.54. The second kappa shape index (κ2) is 14.5. The fraction of sp³-hybridized carbons (Fsp3) is 0.487. The van der Waals surface area contributed by atoms with Gasteiger partial charge in [0.05, 0.1) is 17.5 Å². The lowest BCUT2D eigenvalue weighted by molar-refractivity contribution is -0.198. The summed E-state index contributed by atoms with van der Waals surface area (Å²) in [6.45, 7) is 6.72. The van der Waals surface area contributed by atoms with Crippen LogP contribution in [0.25, 0.3) is 16.8 Å². The summed E-state index contributed by atoms with van der Waals surface area (Å²) >= 11 is 0. The molecule has 4 heterocycles. The maximum Gasteiger partial charge on any atom is 0.429 e. The molecular formula is C39H46F3N7O4. The van der Waals surface area contributed by atoms with Crippen LogP contribution in [-0.2, 0) is 4.79 Å². The molecule has 7 rings (SSSR count). The van der Waals surface area contributed by atoms with Crippen molar-refractivity contribution in [2.45, 2.75) is 96.2 Å². The molecule has 2 unspecified atom stereocenters. The summed E-state index contributed by atoms with van der Waals surface area (Å²) < 4.78 is 58.0. The summed E-state index contributed by atoms with van der Waals surface area (Å²) in [5.41, 5.74) is 8.09. The van der Waals surface area contributed by atoms with E-state index in [1.54, 1.807) is 31.3 Å². The number of aliphatic carboxylic acids is 1. The molecule has 3 aliphatic rings. The number of anilines is 2. The van der Waals surface area contributed by atoms with Crippen LogP contribution < -0.4 is 25.4 Å². The fourth-order valence-electron chi connectivity index (χ4n) is 8.54. The predicted octanol–water partition coefficient (Wildman–Crippen LogP) is 7.28. The first-order valence-electron chi connectivity index (χ1n) is 18.3. The molecule has 3 fully saturated rings. The molecule has 14 heteroatoms. The minimum atomic E-state index is -4.84. The Morgan fingerprint density at radius 1 is 1.00 bits per heavy atom. The third-order valence-electron chi connectivity index (χ3n) is 11.0. The third-order valence-corrected chi connectivity index (χ3v) is 11.0. The van der Waals surface area contributed by atoms with Crippen molar-refractivity contribution in [1.82, 2.24) is 25.1 Å². The number of nitrogen functional groups attached to an aromatic ring is 1. The molecule has 1 spiro atoms. The molecule has 2 aromatic carbocycles. The minimum Gasteiger partial charge on any atom is -0.491 e. The number of aromatic nitrogens is 4. The zero-order chi connectivity index (χ0) is 37.5. The molecule has 0 amide bonds. The van der Waals surface area contributed by atoms with E-state index in [0.717, 1.165) is 44.1 Å². The van der Waals surface area contributed by atoms with Crippen LogP contribution in [0.5, 0.6) is 11.6 Å². The zero-order valence-electron chi connectivity index (χ0n) is 30.1. The van der Waals surface area contributed by atoms with Gasteiger partial charge in [-0.3, -0.25) is 4.79 Å². The largest absolute Gasteiger partial charge is 0.491 e. The van der Waals surface area contributed by atoms with Gasteiger partial charge in [0.1, 0.15) is 17.6 Å². The quantitative estimate of drug-likeness (QED) is 0.152. The number of carboxylic acid groups (broad SMARTS) is 1. The van der Waals surface area contributed by atoms with Gasteiger partial charge in [0, 0.05) is 37.0 Å². The van der Waals surface area contributed by atoms with E-state index in [-0.39, 0.29) is 40.6 Å². The second-order valence-electron chi connectivity index (χ2n) is 15.0. The Morgan fingerprint density at radius 3 is 2.32 bits per heavy atom. The van der Waals surface area contributed by atoms with E-state index in [2.05, 4.69) is 20.4 Å². The van der Waals surface area contributed by atoms with E-state index in [4.69, 9.17) is 15.2 Å². The van der Waals surface area contributed by atoms with Crippen molar-refractivity contribution in [3.63, 3.8) is 0 Å². The van der Waals surface area contributed by atoms with E-state index >= 15 is 13.2 Å². The van der Waals surface area contributed by atoms with Crippen molar-refractivity contribution < 1.29 is 32.5 Å². The molecule has 4 N–H and O–H groups in total. The van der Waals surface area contributed by atoms with Crippen molar-refractivity contribution in [3.8, 4) is 28.4 Å². The van der Waals surface area contributed by atoms with Crippen molar-refractivity contribution in [2.75, 3.05) is 23.7 Å². The maximum atomic E-state index is 15.0. The first-order valence-corrected chi connectivity index (χ1v) is 18.3. The van der Waals surface area contributed by atoms with Crippen LogP contribution in [0.4, 0.5) is 24.9 Å². The van der Waals surface area contributed by atoms with Crippen LogP contribution in [0, 0.1) is 18.3 Å². The Morgan fingerprint density at radius 2 is 1.70 bits per heavy atom. The van der Waals surface area contributed by atoms with Crippen molar-refractivity contribution >= 4 is 17.7 Å². The highest BCUT2D eigenvalue weighted by Crippen LogP contribution is 2.50. The lowest BCUT2D eigenvalue weighted by atomic mass is 9.68. The number of benzene rings is 2. The van der Waals surface area contributed by atoms with Gasteiger partial charge < -0.3 is 30.5 Å². The van der Waals surface area contributed by atoms with Crippen LogP contribution >= 0.6 is 0 Å². The molecule has 2 saturated heterocycles. The van der Waals surface area contributed by atoms with Crippen LogP contribution in [0.1, 0.15) is 76.2 Å². The number of carboxylic acids is 1. The number of nitrogens with two attached hydrogens (primary N) is 1. The molecule has 0 bridgehead atoms. The molecule has 11 nitrogen and oxygen atoms in total. The predicted molar refractivity (Wildman–Crippen MR) is 194 cm³/mol. The first-order chi connectivity index (χ1) is 25.3. The van der Waals surface area contributed by atoms with Gasteiger partial charge in [0.15, 0.2) is 0 Å². The van der Waals surface area contributed by atoms with E-state index in [1.807, 2.05) is 43.0 Å². The molecule has 53 heavy (non-hydrogen) atoms. The third kappa shape index (κ3) is 7.78. The molecule has 3 atom stereocenters. The summed E-state index contributed by atoms with van der Waals surface area (Å²) in [7, 11) is 0. The molecule has 4 aromatic rings. The van der Waals surface area contributed by atoms with Crippen LogP contribution in [-0.4, -0.2) is 68.3 Å². The number of halogens is 3. The monoisotopic (exact) mass is 733 g/mol. The van der Waals surface area contributed by atoms with E-state index in [0.29, 0.717) is 48.3 Å². The minimum absolute atomic E-state index is 0.000521. The standard InChI is InChI=1S/C39H46F3N7O4/c1-23(2)52-28-11-8-25(9-12-28)27-10-13-29(31(20-27)49-17-14-24(3)47-49)35(39(40,41)42)53-33-21-32(45-37(43)46-33)48-18-15-38(16-19-48)22-30(36(50)51)44-34(38)26-6-4-5-7-26/h8-14,17,20-21,23,26,30,34-35,44H,4-7,15-16,18-19,22H2,1-3H3,(H,50,51)(H2,43,45,46)/t30?,34?,35-/m1/s1. The summed E-state index contributed by atoms with van der Waals surface area (Å²) in [5, 5.41) is 17.8. The van der Waals surface area contributed by atoms with E-state index < -0.39 is 24.3 Å². The lowest BCUT2D eigenvalue weighted by Gasteiger charge is -2.45. The number of hydrogen-bond donors (Lipinski definition) is 3. The Hall–Kier alpha value is -4.85. The number of nitrogens with one attached hydrogen (secondary N) is 1. The summed E-state index contributed by atoms with van der Waals surface area (Å²) in [4.78, 5) is 22.5. The van der Waals surface area contributed by atoms with Crippen molar-refractivity contribution in [1.29, 1.82) is 0 Å². The molecule has 0 radical (unpaired) electrons. The molecule has 1 aliphatic carbocycles. The van der Waals surface area contributed by atoms with Gasteiger partial charge in [-0.15, -0.1) is 0 Å². The average molecular weight is 734 g/mol. The Labute approximate surface area is 306 Å². The molecule has 2 aromatic heterocycles. The number of ether oxygens (including phenoxy) is 2. The highest BCUT2D eigenvalue weighted by molar-refractivity contribution is 5.74. The lowest BCUT2D eigenvalue weighted by Crippen LogP contribution is -2.49. The van der Waals surface area contributed by atoms with Gasteiger partial charge in [-0.05, 0) is 99.6 Å². The van der Waals surface area contributed by atoms with Crippen molar-refractivity contribution in [3.05, 3.63) is 72.1 Å². The summed E-state index contributed by atoms with van der Waals surface area (Å²) in [5.74, 6) is 0.151. The smallest absolute Gasteiger partial charge is 0.429 e. The number of aryl methyl sites for hydroxylation is 1. The van der Waals surface area contributed by atoms with Gasteiger partial charge in [-0.25, -0.2) is 4.68 Å². The topological polar surface area (TPSA) is 141 Å². The molecule has 2 aliphatic heterocycles. The summed E-state index contributed by atoms with van der Waals surface area (Å²) in [6, 6.07) is 14.7. The number of piperidine rings is 1. The van der Waals surface area contributed by atoms with Gasteiger partial charge in [0.25, 0.3) is 0 Å². The number of hydrogen-bond acceptors (Lipinski definition) is 9. The zero-order valence-corrected chi connectivity index (χ0v) is 30.1. The Bertz CT molecular complexity index is 1920. The van der Waals surface area contributed by atoms with Crippen LogP contribution in [0.3, 0.4) is 0 Å². The number of carbonyl (C=O) groups is 1. The van der Waals surface area contributed by atoms with E-state index in [9.17, 15) is 9.90 Å². The average Bonchev–Trinajstić information content (AvgIpc) is 3.88. The normalized spacial score (nSPS) is 21.0. The number of nitrogens with zero attached hydrogens (tertiary/aromatic N) is 5. The maximum absolute atomic E-state index is 15.0. The highest BCUT2D eigenvalue weighted by atomic mass is 19.4. The number of rotatable bonds is 10. The number of alkyl halides is 3. The Kier molecular flexibility index (Phi) is 10.0. The van der Waals surface area contributed by atoms with Crippen LogP contribution in [0.2, 0.25) is 0 Å². The SMILES string of the molecule is Cc1ccn(-c2cc(-c3ccc(OC(C)C)cc3)ccc2[C@@H](Oc2cc(N3CCC4(CC3)CC(C(=O)O)NC4C3CCCC3)nc(N)n2)C(F)(F)F)n1. The molecule has 1 saturated carbocycles. The van der Waals surface area contributed by atoms with Gasteiger partial charge >= 0.3 is 12.1 Å². The second-order valence-corrected chi connectivity index (χ2v) is 15.0.